The molecule has 0 unspecified atom stereocenters. The highest BCUT2D eigenvalue weighted by molar-refractivity contribution is 6.06. The van der Waals surface area contributed by atoms with Gasteiger partial charge in [0.1, 0.15) is 22.5 Å². The third-order valence-corrected chi connectivity index (χ3v) is 4.61. The average Bonchev–Trinajstić information content (AvgIpc) is 3.21. The lowest BCUT2D eigenvalue weighted by Crippen LogP contribution is -2.12. The fraction of sp³-hybridized carbons (Fsp3) is 0.409. The van der Waals surface area contributed by atoms with Crippen LogP contribution in [0.25, 0.3) is 11.0 Å². The normalized spacial score (nSPS) is 10.9. The molecule has 0 radical (unpaired) electrons. The molecule has 0 amide bonds. The number of ether oxygens (including phenoxy) is 2. The number of ketones is 1. The van der Waals surface area contributed by atoms with Gasteiger partial charge >= 0.3 is 0 Å². The second kappa shape index (κ2) is 10.4. The first-order valence-corrected chi connectivity index (χ1v) is 9.96. The monoisotopic (exact) mass is 381 g/mol. The molecule has 0 atom stereocenters. The van der Waals surface area contributed by atoms with E-state index in [4.69, 9.17) is 9.47 Å². The fourth-order valence-corrected chi connectivity index (χ4v) is 3.02. The Morgan fingerprint density at radius 2 is 1.61 bits per heavy atom. The Bertz CT molecular complexity index is 874. The maximum Gasteiger partial charge on any atom is 0.202 e. The van der Waals surface area contributed by atoms with Crippen molar-refractivity contribution in [3.8, 4) is 11.5 Å². The van der Waals surface area contributed by atoms with E-state index in [0.29, 0.717) is 22.3 Å². The predicted octanol–water partition coefficient (Wildman–Crippen LogP) is 4.96. The second-order valence-corrected chi connectivity index (χ2v) is 6.80. The Morgan fingerprint density at radius 3 is 2.39 bits per heavy atom. The van der Waals surface area contributed by atoms with E-state index < -0.39 is 0 Å². The molecule has 1 heterocycles. The Balaban J connectivity index is 1.42. The molecule has 0 spiro atoms. The number of rotatable bonds is 12. The number of nitrogens with zero attached hydrogens (tertiary/aromatic N) is 2. The molecule has 1 aromatic heterocycles. The Kier molecular flexibility index (Phi) is 7.41. The van der Waals surface area contributed by atoms with Crippen molar-refractivity contribution < 1.29 is 14.3 Å². The van der Waals surface area contributed by atoms with Gasteiger partial charge in [-0.15, -0.1) is 0 Å². The van der Waals surface area contributed by atoms with Crippen LogP contribution < -0.4 is 9.47 Å². The Hall–Kier alpha value is -2.89. The fourth-order valence-electron chi connectivity index (χ4n) is 3.02. The number of hydrogen-bond acceptors (Lipinski definition) is 5. The molecule has 0 aliphatic rings. The van der Waals surface area contributed by atoms with Crippen molar-refractivity contribution in [3.05, 3.63) is 48.0 Å². The van der Waals surface area contributed by atoms with Crippen molar-refractivity contribution in [1.82, 2.24) is 15.4 Å². The van der Waals surface area contributed by atoms with Crippen LogP contribution in [0.1, 0.15) is 55.8 Å². The summed E-state index contributed by atoms with van der Waals surface area (Å²) in [5.74, 6) is 1.31. The van der Waals surface area contributed by atoms with E-state index in [2.05, 4.69) is 22.3 Å². The molecule has 6 heteroatoms. The second-order valence-electron chi connectivity index (χ2n) is 6.80. The Morgan fingerprint density at radius 1 is 0.893 bits per heavy atom. The molecule has 0 aliphatic carbocycles. The largest absolute Gasteiger partial charge is 0.494 e. The molecule has 0 saturated carbocycles. The van der Waals surface area contributed by atoms with E-state index in [9.17, 15) is 4.79 Å². The van der Waals surface area contributed by atoms with Crippen LogP contribution in [0.15, 0.2) is 42.5 Å². The number of unbranched alkanes of at least 4 members (excludes halogenated alkanes) is 5. The smallest absolute Gasteiger partial charge is 0.202 e. The summed E-state index contributed by atoms with van der Waals surface area (Å²) in [5.41, 5.74) is 1.73. The van der Waals surface area contributed by atoms with Gasteiger partial charge in [0, 0.05) is 0 Å². The van der Waals surface area contributed by atoms with Crippen LogP contribution in [0.5, 0.6) is 11.5 Å². The highest BCUT2D eigenvalue weighted by Gasteiger charge is 2.13. The first-order chi connectivity index (χ1) is 13.8. The van der Waals surface area contributed by atoms with Crippen LogP contribution in [0.4, 0.5) is 0 Å². The van der Waals surface area contributed by atoms with E-state index >= 15 is 0 Å². The van der Waals surface area contributed by atoms with E-state index in [-0.39, 0.29) is 12.4 Å². The number of nitrogens with one attached hydrogen (secondary N) is 1. The lowest BCUT2D eigenvalue weighted by atomic mass is 10.1. The van der Waals surface area contributed by atoms with E-state index in [1.165, 1.54) is 32.1 Å². The standard InChI is InChI=1S/C22H27N3O3/c1-2-3-4-5-6-7-15-27-17-11-13-18(14-12-17)28-16-21(26)19-9-8-10-20-22(19)24-25-23-20/h8-14H,2-7,15-16H2,1H3,(H,23,24,25). The van der Waals surface area contributed by atoms with Crippen LogP contribution in [-0.4, -0.2) is 34.4 Å². The van der Waals surface area contributed by atoms with Crippen molar-refractivity contribution >= 4 is 16.8 Å². The molecule has 0 fully saturated rings. The summed E-state index contributed by atoms with van der Waals surface area (Å²) in [6.45, 7) is 2.90. The number of fused-ring (bicyclic) bond motifs is 1. The third kappa shape index (κ3) is 5.55. The van der Waals surface area contributed by atoms with Gasteiger partial charge in [-0.3, -0.25) is 4.79 Å². The summed E-state index contributed by atoms with van der Waals surface area (Å²) >= 11 is 0. The van der Waals surface area contributed by atoms with E-state index in [1.54, 1.807) is 18.2 Å². The molecule has 6 nitrogen and oxygen atoms in total. The first kappa shape index (κ1) is 19.9. The minimum atomic E-state index is -0.136. The number of H-pyrrole nitrogens is 1. The number of carbonyl (C=O) groups is 1. The zero-order valence-electron chi connectivity index (χ0n) is 16.3. The van der Waals surface area contributed by atoms with Crippen molar-refractivity contribution in [1.29, 1.82) is 0 Å². The lowest BCUT2D eigenvalue weighted by Gasteiger charge is -2.09. The van der Waals surface area contributed by atoms with Crippen LogP contribution >= 0.6 is 0 Å². The van der Waals surface area contributed by atoms with E-state index in [1.807, 2.05) is 24.3 Å². The summed E-state index contributed by atoms with van der Waals surface area (Å²) < 4.78 is 11.4. The molecule has 3 aromatic rings. The Labute approximate surface area is 165 Å². The SMILES string of the molecule is CCCCCCCCOc1ccc(OCC(=O)c2cccc3n[nH]nc23)cc1. The number of hydrogen-bond donors (Lipinski definition) is 1. The van der Waals surface area contributed by atoms with Crippen LogP contribution in [0.3, 0.4) is 0 Å². The first-order valence-electron chi connectivity index (χ1n) is 9.96. The quantitative estimate of drug-likeness (QED) is 0.354. The van der Waals surface area contributed by atoms with Gasteiger partial charge in [0.2, 0.25) is 5.78 Å². The summed E-state index contributed by atoms with van der Waals surface area (Å²) in [7, 11) is 0. The maximum absolute atomic E-state index is 12.4. The van der Waals surface area contributed by atoms with E-state index in [0.717, 1.165) is 18.8 Å². The predicted molar refractivity (Wildman–Crippen MR) is 109 cm³/mol. The molecule has 0 saturated heterocycles. The molecule has 3 rings (SSSR count). The number of para-hydroxylation sites is 1. The van der Waals surface area contributed by atoms with Gasteiger partial charge in [0.15, 0.2) is 6.61 Å². The zero-order valence-corrected chi connectivity index (χ0v) is 16.3. The summed E-state index contributed by atoms with van der Waals surface area (Å²) in [6, 6.07) is 12.7. The minimum absolute atomic E-state index is 0.0516. The van der Waals surface area contributed by atoms with Gasteiger partial charge in [0.05, 0.1) is 12.2 Å². The minimum Gasteiger partial charge on any atom is -0.494 e. The summed E-state index contributed by atoms with van der Waals surface area (Å²) in [5, 5.41) is 10.6. The van der Waals surface area contributed by atoms with Gasteiger partial charge in [-0.2, -0.15) is 15.4 Å². The van der Waals surface area contributed by atoms with Crippen molar-refractivity contribution in [2.75, 3.05) is 13.2 Å². The lowest BCUT2D eigenvalue weighted by molar-refractivity contribution is 0.0923. The summed E-state index contributed by atoms with van der Waals surface area (Å²) in [6.07, 6.45) is 7.46. The zero-order chi connectivity index (χ0) is 19.6. The molecule has 0 bridgehead atoms. The maximum atomic E-state index is 12.4. The number of benzene rings is 2. The molecule has 28 heavy (non-hydrogen) atoms. The summed E-state index contributed by atoms with van der Waals surface area (Å²) in [4.78, 5) is 12.4. The molecule has 148 valence electrons. The number of aromatic amines is 1. The molecule has 1 N–H and O–H groups in total. The van der Waals surface area contributed by atoms with Gasteiger partial charge in [-0.05, 0) is 42.8 Å². The van der Waals surface area contributed by atoms with Gasteiger partial charge in [0.25, 0.3) is 0 Å². The highest BCUT2D eigenvalue weighted by atomic mass is 16.5. The molecular formula is C22H27N3O3. The molecule has 0 aliphatic heterocycles. The highest BCUT2D eigenvalue weighted by Crippen LogP contribution is 2.19. The number of Topliss-reactive ketones (excluding diaryl/α,β-unsaturated/α-hetero) is 1. The molecule has 2 aromatic carbocycles. The van der Waals surface area contributed by atoms with Crippen LogP contribution in [0, 0.1) is 0 Å². The van der Waals surface area contributed by atoms with Crippen molar-refractivity contribution in [3.63, 3.8) is 0 Å². The van der Waals surface area contributed by atoms with Gasteiger partial charge in [-0.25, -0.2) is 0 Å². The van der Waals surface area contributed by atoms with Crippen LogP contribution in [-0.2, 0) is 0 Å². The molecular weight excluding hydrogens is 354 g/mol. The van der Waals surface area contributed by atoms with Gasteiger partial charge < -0.3 is 9.47 Å². The van der Waals surface area contributed by atoms with Crippen molar-refractivity contribution in [2.24, 2.45) is 0 Å². The number of carbonyl (C=O) groups excluding carboxylic acids is 1. The topological polar surface area (TPSA) is 77.1 Å². The van der Waals surface area contributed by atoms with Crippen LogP contribution in [0.2, 0.25) is 0 Å². The third-order valence-electron chi connectivity index (χ3n) is 4.61. The average molecular weight is 381 g/mol. The van der Waals surface area contributed by atoms with Gasteiger partial charge in [-0.1, -0.05) is 45.1 Å². The number of aromatic nitrogens is 3. The van der Waals surface area contributed by atoms with Crippen molar-refractivity contribution in [2.45, 2.75) is 45.4 Å².